The molecule has 2 aliphatic heterocycles. The number of aryl methyl sites for hydroxylation is 1. The largest absolute Gasteiger partial charge is 0.494 e. The molecule has 9 nitrogen and oxygen atoms in total. The highest BCUT2D eigenvalue weighted by Gasteiger charge is 2.32. The second-order valence-electron chi connectivity index (χ2n) is 10.5. The molecule has 0 bridgehead atoms. The van der Waals surface area contributed by atoms with Crippen molar-refractivity contribution in [3.8, 4) is 5.75 Å². The lowest BCUT2D eigenvalue weighted by Gasteiger charge is -2.20. The summed E-state index contributed by atoms with van der Waals surface area (Å²) in [6.45, 7) is 3.59. The molecule has 2 aromatic carbocycles. The highest BCUT2D eigenvalue weighted by atomic mass is 19.2. The molecule has 0 aliphatic carbocycles. The van der Waals surface area contributed by atoms with Crippen molar-refractivity contribution in [2.75, 3.05) is 12.4 Å². The first-order valence-electron chi connectivity index (χ1n) is 14.4. The summed E-state index contributed by atoms with van der Waals surface area (Å²) in [7, 11) is 1.27. The lowest BCUT2D eigenvalue weighted by molar-refractivity contribution is -0.112. The minimum Gasteiger partial charge on any atom is -0.494 e. The second-order valence-corrected chi connectivity index (χ2v) is 10.5. The van der Waals surface area contributed by atoms with Gasteiger partial charge in [0.2, 0.25) is 5.82 Å². The summed E-state index contributed by atoms with van der Waals surface area (Å²) >= 11 is 0. The number of halogens is 2. The molecule has 0 aromatic heterocycles. The Kier molecular flexibility index (Phi) is 10.4. The zero-order valence-corrected chi connectivity index (χ0v) is 24.8. The van der Waals surface area contributed by atoms with Gasteiger partial charge in [-0.2, -0.15) is 4.39 Å². The molecule has 0 spiro atoms. The number of aliphatic hydroxyl groups excluding tert-OH is 1. The predicted molar refractivity (Wildman–Crippen MR) is 167 cm³/mol. The van der Waals surface area contributed by atoms with E-state index in [1.807, 2.05) is 13.0 Å². The Labute approximate surface area is 254 Å². The van der Waals surface area contributed by atoms with Gasteiger partial charge in [0.15, 0.2) is 29.0 Å². The number of Topliss-reactive ketones (excluding diaryl/α,β-unsaturated/α-hetero) is 2. The highest BCUT2D eigenvalue weighted by molar-refractivity contribution is 6.49. The number of aliphatic hydroxyl groups is 1. The van der Waals surface area contributed by atoms with E-state index in [0.717, 1.165) is 5.56 Å². The number of anilines is 1. The molecule has 0 saturated heterocycles. The van der Waals surface area contributed by atoms with E-state index in [9.17, 15) is 23.5 Å². The van der Waals surface area contributed by atoms with Crippen molar-refractivity contribution in [2.24, 2.45) is 15.9 Å². The molecule has 4 N–H and O–H groups in total. The summed E-state index contributed by atoms with van der Waals surface area (Å²) in [5.41, 5.74) is 3.01. The Hall–Kier alpha value is -4.64. The molecule has 44 heavy (non-hydrogen) atoms. The van der Waals surface area contributed by atoms with Crippen LogP contribution in [0.5, 0.6) is 5.75 Å². The molecule has 0 fully saturated rings. The lowest BCUT2D eigenvalue weighted by Crippen LogP contribution is -2.30. The molecule has 2 unspecified atom stereocenters. The molecule has 2 heterocycles. The Morgan fingerprint density at radius 3 is 2.59 bits per heavy atom. The molecule has 4 rings (SSSR count). The van der Waals surface area contributed by atoms with Crippen molar-refractivity contribution < 1.29 is 28.2 Å². The number of rotatable bonds is 14. The van der Waals surface area contributed by atoms with Gasteiger partial charge in [0.25, 0.3) is 0 Å². The van der Waals surface area contributed by atoms with E-state index in [4.69, 9.17) is 15.6 Å². The maximum absolute atomic E-state index is 14.8. The number of hydrogen-bond acceptors (Lipinski definition) is 9. The van der Waals surface area contributed by atoms with Crippen LogP contribution in [0.3, 0.4) is 0 Å². The number of aliphatic imine (C=N–C) groups is 2. The van der Waals surface area contributed by atoms with Crippen molar-refractivity contribution in [3.63, 3.8) is 0 Å². The quantitative estimate of drug-likeness (QED) is 0.152. The molecule has 2 atom stereocenters. The van der Waals surface area contributed by atoms with Gasteiger partial charge in [0.05, 0.1) is 30.6 Å². The number of ketones is 2. The van der Waals surface area contributed by atoms with Gasteiger partial charge < -0.3 is 26.0 Å². The third-order valence-corrected chi connectivity index (χ3v) is 7.57. The summed E-state index contributed by atoms with van der Waals surface area (Å²) in [4.78, 5) is 33.5. The van der Waals surface area contributed by atoms with Gasteiger partial charge in [-0.05, 0) is 60.7 Å². The first kappa shape index (κ1) is 32.3. The number of ether oxygens (including phenoxy) is 1. The summed E-state index contributed by atoms with van der Waals surface area (Å²) in [5.74, 6) is -2.79. The lowest BCUT2D eigenvalue weighted by atomic mass is 9.89. The number of nitrogens with one attached hydrogen (secondary N) is 3. The number of fused-ring (bicyclic) bond motifs is 1. The van der Waals surface area contributed by atoms with Crippen molar-refractivity contribution in [1.82, 2.24) is 0 Å². The van der Waals surface area contributed by atoms with Crippen molar-refractivity contribution in [3.05, 3.63) is 77.1 Å². The van der Waals surface area contributed by atoms with Gasteiger partial charge in [-0.25, -0.2) is 9.38 Å². The van der Waals surface area contributed by atoms with Crippen LogP contribution in [0.4, 0.5) is 14.5 Å². The molecule has 230 valence electrons. The Morgan fingerprint density at radius 1 is 1.11 bits per heavy atom. The van der Waals surface area contributed by atoms with Crippen LogP contribution in [0.15, 0.2) is 58.8 Å². The first-order chi connectivity index (χ1) is 21.1. The van der Waals surface area contributed by atoms with Crippen LogP contribution in [0.25, 0.3) is 5.57 Å². The van der Waals surface area contributed by atoms with E-state index in [1.54, 1.807) is 31.3 Å². The van der Waals surface area contributed by atoms with E-state index in [-0.39, 0.29) is 66.4 Å². The zero-order chi connectivity index (χ0) is 32.0. The van der Waals surface area contributed by atoms with Crippen LogP contribution in [-0.4, -0.2) is 52.9 Å². The van der Waals surface area contributed by atoms with Crippen molar-refractivity contribution >= 4 is 45.8 Å². The normalized spacial score (nSPS) is 16.0. The number of methoxy groups -OCH3 is 1. The fourth-order valence-corrected chi connectivity index (χ4v) is 5.15. The topological polar surface area (TPSA) is 148 Å². The van der Waals surface area contributed by atoms with Crippen LogP contribution in [-0.2, 0) is 11.2 Å². The predicted octanol–water partition coefficient (Wildman–Crippen LogP) is 6.11. The van der Waals surface area contributed by atoms with Crippen LogP contribution in [0, 0.1) is 28.4 Å². The number of carbonyl (C=O) groups is 2. The Bertz CT molecular complexity index is 1630. The molecule has 11 heteroatoms. The Morgan fingerprint density at radius 2 is 1.89 bits per heavy atom. The summed E-state index contributed by atoms with van der Waals surface area (Å²) in [5, 5.41) is 29.4. The fourth-order valence-electron chi connectivity index (χ4n) is 5.15. The Balaban J connectivity index is 1.39. The number of hydrogen-bond donors (Lipinski definition) is 4. The fraction of sp³-hybridized carbons (Fsp3) is 0.333. The van der Waals surface area contributed by atoms with Gasteiger partial charge >= 0.3 is 0 Å². The molecule has 0 radical (unpaired) electrons. The minimum absolute atomic E-state index is 0.0137. The zero-order valence-electron chi connectivity index (χ0n) is 24.8. The maximum Gasteiger partial charge on any atom is 0.201 e. The van der Waals surface area contributed by atoms with Crippen LogP contribution < -0.4 is 10.1 Å². The van der Waals surface area contributed by atoms with Crippen molar-refractivity contribution in [2.45, 2.75) is 58.5 Å². The van der Waals surface area contributed by atoms with E-state index >= 15 is 0 Å². The van der Waals surface area contributed by atoms with E-state index in [2.05, 4.69) is 15.3 Å². The summed E-state index contributed by atoms with van der Waals surface area (Å²) in [6, 6.07) is 8.05. The first-order valence-corrected chi connectivity index (χ1v) is 14.4. The average Bonchev–Trinajstić information content (AvgIpc) is 3.45. The maximum atomic E-state index is 14.8. The molecule has 2 aromatic rings. The van der Waals surface area contributed by atoms with Gasteiger partial charge in [0.1, 0.15) is 0 Å². The standard InChI is InChI=1S/C33H35F2N5O4/c1-4-18-14-20(6-8-22(18)28(43)16-19(36)15-21(41)7-10-26(37)27(42)5-2)40-33-32-24(12-13-38-33)25(17-39-32)23-9-11-29(44-3)31(35)30(23)34/h6,8-9,11-14,17,21,24,36-37,41H,4-5,7,10,15-16H2,1-3H3,(H,38,40). The van der Waals surface area contributed by atoms with E-state index in [1.165, 1.54) is 25.4 Å². The number of allylic oxidation sites excluding steroid dienone is 2. The van der Waals surface area contributed by atoms with Crippen LogP contribution in [0.2, 0.25) is 0 Å². The summed E-state index contributed by atoms with van der Waals surface area (Å²) < 4.78 is 34.1. The second kappa shape index (κ2) is 14.2. The molecular formula is C33H35F2N5O4. The minimum atomic E-state index is -1.07. The monoisotopic (exact) mass is 603 g/mol. The molecule has 0 amide bonds. The third kappa shape index (κ3) is 7.11. The molecular weight excluding hydrogens is 568 g/mol. The van der Waals surface area contributed by atoms with E-state index < -0.39 is 23.7 Å². The average molecular weight is 604 g/mol. The number of benzene rings is 2. The third-order valence-electron chi connectivity index (χ3n) is 7.57. The number of carbonyl (C=O) groups excluding carboxylic acids is 2. The smallest absolute Gasteiger partial charge is 0.201 e. The molecule has 0 saturated carbocycles. The molecule has 2 aliphatic rings. The SMILES string of the molecule is CCC(=O)C(=N)CCC(O)CC(=N)CC(=O)c1ccc(NC2=NC=CC3C(c4ccc(OC)c(F)c4F)=CN=C23)cc1CC. The van der Waals surface area contributed by atoms with E-state index in [0.29, 0.717) is 34.8 Å². The van der Waals surface area contributed by atoms with Gasteiger partial charge in [-0.1, -0.05) is 19.9 Å². The van der Waals surface area contributed by atoms with Gasteiger partial charge in [0, 0.05) is 54.2 Å². The van der Waals surface area contributed by atoms with Crippen LogP contribution in [0.1, 0.15) is 67.4 Å². The van der Waals surface area contributed by atoms with Crippen molar-refractivity contribution in [1.29, 1.82) is 10.8 Å². The number of amidine groups is 1. The van der Waals surface area contributed by atoms with Gasteiger partial charge in [-0.3, -0.25) is 14.6 Å². The van der Waals surface area contributed by atoms with Crippen LogP contribution >= 0.6 is 0 Å². The number of nitrogens with zero attached hydrogens (tertiary/aromatic N) is 2. The van der Waals surface area contributed by atoms with Gasteiger partial charge in [-0.15, -0.1) is 0 Å². The summed E-state index contributed by atoms with van der Waals surface area (Å²) in [6.07, 6.45) is 4.83. The highest BCUT2D eigenvalue weighted by Crippen LogP contribution is 2.36.